The number of rotatable bonds is 10. The Morgan fingerprint density at radius 2 is 1.69 bits per heavy atom. The van der Waals surface area contributed by atoms with Gasteiger partial charge in [-0.15, -0.1) is 0 Å². The molecule has 200 valence electrons. The molecule has 4 aromatic rings. The smallest absolute Gasteiger partial charge is 0.262 e. The molecule has 7 nitrogen and oxygen atoms in total. The van der Waals surface area contributed by atoms with Crippen LogP contribution >= 0.6 is 11.6 Å². The van der Waals surface area contributed by atoms with Crippen LogP contribution in [0, 0.1) is 5.92 Å². The quantitative estimate of drug-likeness (QED) is 0.190. The average Bonchev–Trinajstić information content (AvgIpc) is 2.95. The lowest BCUT2D eigenvalue weighted by molar-refractivity contribution is -0.123. The van der Waals surface area contributed by atoms with Crippen LogP contribution in [0.3, 0.4) is 0 Å². The van der Waals surface area contributed by atoms with Gasteiger partial charge in [-0.3, -0.25) is 9.59 Å². The zero-order valence-corrected chi connectivity index (χ0v) is 22.7. The van der Waals surface area contributed by atoms with Crippen LogP contribution in [-0.4, -0.2) is 31.2 Å². The minimum absolute atomic E-state index is 0.158. The molecule has 0 aliphatic carbocycles. The van der Waals surface area contributed by atoms with Crippen molar-refractivity contribution >= 4 is 40.4 Å². The number of nitrogens with one attached hydrogen (secondary N) is 2. The van der Waals surface area contributed by atoms with Crippen LogP contribution in [-0.2, 0) is 11.4 Å². The van der Waals surface area contributed by atoms with Crippen molar-refractivity contribution in [3.63, 3.8) is 0 Å². The van der Waals surface area contributed by atoms with E-state index in [-0.39, 0.29) is 11.8 Å². The predicted octanol–water partition coefficient (Wildman–Crippen LogP) is 5.99. The van der Waals surface area contributed by atoms with Crippen LogP contribution in [0.4, 0.5) is 0 Å². The molecule has 0 bridgehead atoms. The zero-order chi connectivity index (χ0) is 27.8. The van der Waals surface area contributed by atoms with Gasteiger partial charge >= 0.3 is 0 Å². The monoisotopic (exact) mass is 543 g/mol. The Morgan fingerprint density at radius 1 is 0.949 bits per heavy atom. The first kappa shape index (κ1) is 27.7. The summed E-state index contributed by atoms with van der Waals surface area (Å²) in [5.74, 6) is 0.186. The number of hydrogen-bond donors (Lipinski definition) is 2. The third kappa shape index (κ3) is 7.15. The lowest BCUT2D eigenvalue weighted by Gasteiger charge is -2.20. The van der Waals surface area contributed by atoms with Crippen molar-refractivity contribution in [2.45, 2.75) is 26.5 Å². The van der Waals surface area contributed by atoms with E-state index < -0.39 is 11.9 Å². The maximum Gasteiger partial charge on any atom is 0.262 e. The number of ether oxygens (including phenoxy) is 2. The highest BCUT2D eigenvalue weighted by Gasteiger charge is 2.24. The zero-order valence-electron chi connectivity index (χ0n) is 22.0. The van der Waals surface area contributed by atoms with E-state index in [1.54, 1.807) is 43.5 Å². The van der Waals surface area contributed by atoms with E-state index in [0.29, 0.717) is 34.3 Å². The van der Waals surface area contributed by atoms with Gasteiger partial charge in [0.05, 0.1) is 13.3 Å². The summed E-state index contributed by atoms with van der Waals surface area (Å²) >= 11 is 5.89. The first-order valence-electron chi connectivity index (χ1n) is 12.5. The van der Waals surface area contributed by atoms with Crippen molar-refractivity contribution in [3.8, 4) is 11.5 Å². The lowest BCUT2D eigenvalue weighted by Crippen LogP contribution is -2.48. The van der Waals surface area contributed by atoms with Crippen LogP contribution in [0.15, 0.2) is 90.0 Å². The van der Waals surface area contributed by atoms with E-state index >= 15 is 0 Å². The summed E-state index contributed by atoms with van der Waals surface area (Å²) in [6.07, 6.45) is 1.51. The number of halogens is 1. The van der Waals surface area contributed by atoms with Crippen molar-refractivity contribution in [3.05, 3.63) is 107 Å². The van der Waals surface area contributed by atoms with Gasteiger partial charge in [0.1, 0.15) is 12.6 Å². The minimum Gasteiger partial charge on any atom is -0.493 e. The summed E-state index contributed by atoms with van der Waals surface area (Å²) in [6.45, 7) is 4.08. The Bertz CT molecular complexity index is 1480. The maximum absolute atomic E-state index is 12.8. The van der Waals surface area contributed by atoms with E-state index in [9.17, 15) is 9.59 Å². The molecule has 0 saturated heterocycles. The molecule has 1 unspecified atom stereocenters. The van der Waals surface area contributed by atoms with Gasteiger partial charge < -0.3 is 14.8 Å². The fraction of sp³-hybridized carbons (Fsp3) is 0.194. The number of hydrogen-bond acceptors (Lipinski definition) is 5. The molecule has 0 aliphatic heterocycles. The molecule has 0 fully saturated rings. The molecule has 2 N–H and O–H groups in total. The van der Waals surface area contributed by atoms with E-state index in [1.165, 1.54) is 6.21 Å². The van der Waals surface area contributed by atoms with Crippen molar-refractivity contribution in [2.24, 2.45) is 11.0 Å². The molecule has 0 heterocycles. The molecule has 4 aromatic carbocycles. The average molecular weight is 544 g/mol. The van der Waals surface area contributed by atoms with Gasteiger partial charge in [0.15, 0.2) is 11.5 Å². The van der Waals surface area contributed by atoms with E-state index in [2.05, 4.69) is 34.0 Å². The van der Waals surface area contributed by atoms with Gasteiger partial charge in [-0.25, -0.2) is 5.43 Å². The molecule has 0 spiro atoms. The minimum atomic E-state index is -0.773. The topological polar surface area (TPSA) is 89.0 Å². The summed E-state index contributed by atoms with van der Waals surface area (Å²) in [5, 5.41) is 9.67. The number of amides is 2. The van der Waals surface area contributed by atoms with Crippen molar-refractivity contribution in [1.82, 2.24) is 10.7 Å². The summed E-state index contributed by atoms with van der Waals surface area (Å²) in [5.41, 5.74) is 4.71. The lowest BCUT2D eigenvalue weighted by atomic mass is 10.0. The fourth-order valence-electron chi connectivity index (χ4n) is 4.06. The highest BCUT2D eigenvalue weighted by Crippen LogP contribution is 2.29. The molecule has 0 saturated carbocycles. The normalized spacial score (nSPS) is 11.9. The Balaban J connectivity index is 1.38. The van der Waals surface area contributed by atoms with Gasteiger partial charge in [0.25, 0.3) is 11.8 Å². The Kier molecular flexibility index (Phi) is 9.18. The highest BCUT2D eigenvalue weighted by molar-refractivity contribution is 6.30. The first-order valence-corrected chi connectivity index (χ1v) is 12.9. The van der Waals surface area contributed by atoms with Crippen molar-refractivity contribution < 1.29 is 19.1 Å². The molecule has 39 heavy (non-hydrogen) atoms. The Morgan fingerprint density at radius 3 is 2.44 bits per heavy atom. The van der Waals surface area contributed by atoms with Gasteiger partial charge in [0, 0.05) is 10.6 Å². The maximum atomic E-state index is 12.8. The van der Waals surface area contributed by atoms with Gasteiger partial charge in [0.2, 0.25) is 0 Å². The molecular formula is C31H30ClN3O4. The summed E-state index contributed by atoms with van der Waals surface area (Å²) in [7, 11) is 1.57. The second kappa shape index (κ2) is 12.9. The molecule has 0 aliphatic rings. The SMILES string of the molecule is COc1cc(C=NNC(=O)C(NC(=O)c2ccc(Cl)cc2)C(C)C)ccc1OCc1cccc2ccccc12. The number of methoxy groups -OCH3 is 1. The standard InChI is InChI=1S/C31H30ClN3O4/c1-20(2)29(34-30(36)23-12-14-25(32)15-13-23)31(37)35-33-18-21-11-16-27(28(17-21)38-3)39-19-24-9-6-8-22-7-4-5-10-26(22)24/h4-18,20,29H,19H2,1-3H3,(H,34,36)(H,35,37). The van der Waals surface area contributed by atoms with E-state index in [4.69, 9.17) is 21.1 Å². The van der Waals surface area contributed by atoms with Crippen LogP contribution < -0.4 is 20.2 Å². The van der Waals surface area contributed by atoms with Gasteiger partial charge in [-0.05, 0) is 70.3 Å². The summed E-state index contributed by atoms with van der Waals surface area (Å²) < 4.78 is 11.6. The first-order chi connectivity index (χ1) is 18.9. The van der Waals surface area contributed by atoms with Crippen molar-refractivity contribution in [2.75, 3.05) is 7.11 Å². The third-order valence-electron chi connectivity index (χ3n) is 6.18. The largest absolute Gasteiger partial charge is 0.493 e. The van der Waals surface area contributed by atoms with Crippen LogP contribution in [0.5, 0.6) is 11.5 Å². The molecule has 8 heteroatoms. The number of nitrogens with zero attached hydrogens (tertiary/aromatic N) is 1. The second-order valence-electron chi connectivity index (χ2n) is 9.27. The highest BCUT2D eigenvalue weighted by atomic mass is 35.5. The third-order valence-corrected chi connectivity index (χ3v) is 6.43. The van der Waals surface area contributed by atoms with Gasteiger partial charge in [-0.2, -0.15) is 5.10 Å². The molecule has 4 rings (SSSR count). The van der Waals surface area contributed by atoms with Crippen molar-refractivity contribution in [1.29, 1.82) is 0 Å². The molecule has 0 radical (unpaired) electrons. The summed E-state index contributed by atoms with van der Waals surface area (Å²) in [6, 6.07) is 25.4. The number of hydrazone groups is 1. The Labute approximate surface area is 232 Å². The Hall–Kier alpha value is -4.36. The second-order valence-corrected chi connectivity index (χ2v) is 9.71. The number of carbonyl (C=O) groups is 2. The fourth-order valence-corrected chi connectivity index (χ4v) is 4.18. The molecule has 0 aromatic heterocycles. The number of benzene rings is 4. The van der Waals surface area contributed by atoms with Crippen LogP contribution in [0.2, 0.25) is 5.02 Å². The van der Waals surface area contributed by atoms with Crippen LogP contribution in [0.25, 0.3) is 10.8 Å². The molecule has 1 atom stereocenters. The van der Waals surface area contributed by atoms with Gasteiger partial charge in [-0.1, -0.05) is 67.9 Å². The van der Waals surface area contributed by atoms with E-state index in [0.717, 1.165) is 16.3 Å². The molecular weight excluding hydrogens is 514 g/mol. The predicted molar refractivity (Wildman–Crippen MR) is 155 cm³/mol. The molecule has 2 amide bonds. The van der Waals surface area contributed by atoms with E-state index in [1.807, 2.05) is 44.2 Å². The van der Waals surface area contributed by atoms with Crippen LogP contribution in [0.1, 0.15) is 35.3 Å². The summed E-state index contributed by atoms with van der Waals surface area (Å²) in [4.78, 5) is 25.4. The number of carbonyl (C=O) groups excluding carboxylic acids is 2. The number of fused-ring (bicyclic) bond motifs is 1.